The van der Waals surface area contributed by atoms with Gasteiger partial charge in [-0.25, -0.2) is 0 Å². The molecule has 0 aliphatic heterocycles. The van der Waals surface area contributed by atoms with Crippen LogP contribution in [0.15, 0.2) is 24.3 Å². The van der Waals surface area contributed by atoms with Crippen molar-refractivity contribution in [3.05, 3.63) is 46.5 Å². The van der Waals surface area contributed by atoms with E-state index in [0.717, 1.165) is 76.3 Å². The van der Waals surface area contributed by atoms with Gasteiger partial charge in [-0.15, -0.1) is 0 Å². The molecule has 0 atom stereocenters. The second-order valence-electron chi connectivity index (χ2n) is 14.3. The topological polar surface area (TPSA) is 194 Å². The van der Waals surface area contributed by atoms with E-state index in [-0.39, 0.29) is 45.1 Å². The van der Waals surface area contributed by atoms with Gasteiger partial charge in [-0.2, -0.15) is 0 Å². The van der Waals surface area contributed by atoms with E-state index in [1.165, 1.54) is 88.5 Å². The molecular formula is C38H56N4O6. The van der Waals surface area contributed by atoms with Crippen LogP contribution < -0.4 is 32.3 Å². The third kappa shape index (κ3) is 10.8. The van der Waals surface area contributed by atoms with Gasteiger partial charge in [-0.3, -0.25) is 9.59 Å². The third-order valence-electron chi connectivity index (χ3n) is 10.4. The van der Waals surface area contributed by atoms with Gasteiger partial charge in [0.2, 0.25) is 0 Å². The highest BCUT2D eigenvalue weighted by Crippen LogP contribution is 2.31. The molecule has 4 aliphatic carbocycles. The van der Waals surface area contributed by atoms with Crippen molar-refractivity contribution in [3.63, 3.8) is 0 Å². The molecule has 4 fully saturated rings. The highest BCUT2D eigenvalue weighted by molar-refractivity contribution is 6.23. The zero-order valence-electron chi connectivity index (χ0n) is 28.6. The number of benzene rings is 2. The van der Waals surface area contributed by atoms with Gasteiger partial charge in [0.15, 0.2) is 0 Å². The van der Waals surface area contributed by atoms with Gasteiger partial charge in [0, 0.05) is 45.1 Å². The predicted molar refractivity (Wildman–Crippen MR) is 181 cm³/mol. The number of hydrogen-bond donors (Lipinski definition) is 4. The van der Waals surface area contributed by atoms with Crippen molar-refractivity contribution in [2.75, 3.05) is 0 Å². The molecule has 4 saturated carbocycles. The molecule has 0 aromatic heterocycles. The fourth-order valence-corrected chi connectivity index (χ4v) is 7.61. The molecule has 264 valence electrons. The monoisotopic (exact) mass is 664 g/mol. The van der Waals surface area contributed by atoms with E-state index in [1.54, 1.807) is 0 Å². The van der Waals surface area contributed by atoms with Crippen LogP contribution in [-0.2, 0) is 0 Å². The number of carbonyl (C=O) groups excluding carboxylic acids is 4. The number of quaternary nitrogens is 2. The summed E-state index contributed by atoms with van der Waals surface area (Å²) < 4.78 is 0. The summed E-state index contributed by atoms with van der Waals surface area (Å²) in [5.74, 6) is -4.14. The summed E-state index contributed by atoms with van der Waals surface area (Å²) in [6.07, 6.45) is 23.6. The first-order chi connectivity index (χ1) is 23.2. The van der Waals surface area contributed by atoms with E-state index >= 15 is 0 Å². The zero-order valence-corrected chi connectivity index (χ0v) is 28.6. The summed E-state index contributed by atoms with van der Waals surface area (Å²) in [4.78, 5) is 50.3. The lowest BCUT2D eigenvalue weighted by Gasteiger charge is -2.25. The van der Waals surface area contributed by atoms with Gasteiger partial charge in [0.05, 0.1) is 24.0 Å². The number of carboxylic acid groups (broad SMARTS) is 2. The average Bonchev–Trinajstić information content (AvgIpc) is 3.09. The van der Waals surface area contributed by atoms with Crippen LogP contribution in [0.25, 0.3) is 10.8 Å². The molecule has 0 unspecified atom stereocenters. The van der Waals surface area contributed by atoms with Crippen molar-refractivity contribution in [2.24, 2.45) is 0 Å². The van der Waals surface area contributed by atoms with E-state index in [2.05, 4.69) is 22.1 Å². The quantitative estimate of drug-likeness (QED) is 0.367. The van der Waals surface area contributed by atoms with Crippen molar-refractivity contribution in [1.82, 2.24) is 10.6 Å². The van der Waals surface area contributed by atoms with Crippen LogP contribution in [0.1, 0.15) is 170 Å². The minimum Gasteiger partial charge on any atom is -0.545 e. The molecule has 0 heterocycles. The molecule has 0 radical (unpaired) electrons. The van der Waals surface area contributed by atoms with Gasteiger partial charge in [0.25, 0.3) is 11.8 Å². The fraction of sp³-hybridized carbons (Fsp3) is 0.632. The third-order valence-corrected chi connectivity index (χ3v) is 10.4. The predicted octanol–water partition coefficient (Wildman–Crippen LogP) is 2.81. The maximum atomic E-state index is 13.2. The summed E-state index contributed by atoms with van der Waals surface area (Å²) >= 11 is 0. The molecule has 0 bridgehead atoms. The standard InChI is InChI=1S/C26H30N2O6.2C6H13N/c29-23(27-15-7-3-1-4-8-15)17-11-13-20(26(33)34)22-18(12-14-19(21(17)22)25(31)32)24(30)28-16-9-5-2-6-10-16;2*7-6-4-2-1-3-5-6/h11-16H,1-10H2,(H,27,29)(H,28,30)(H,31,32)(H,33,34);2*6H,1-5,7H2. The molecule has 2 amide bonds. The van der Waals surface area contributed by atoms with Crippen LogP contribution in [-0.4, -0.2) is 47.9 Å². The molecule has 2 aromatic carbocycles. The normalized spacial score (nSPS) is 19.6. The minimum absolute atomic E-state index is 0.00269. The lowest BCUT2D eigenvalue weighted by atomic mass is 9.89. The Morgan fingerprint density at radius 1 is 0.458 bits per heavy atom. The molecule has 10 heteroatoms. The summed E-state index contributed by atoms with van der Waals surface area (Å²) in [7, 11) is 0. The number of carbonyl (C=O) groups is 4. The number of aromatic carboxylic acids is 2. The Hall–Kier alpha value is -3.50. The second kappa shape index (κ2) is 18.9. The van der Waals surface area contributed by atoms with Crippen molar-refractivity contribution >= 4 is 34.5 Å². The number of hydrogen-bond acceptors (Lipinski definition) is 6. The van der Waals surface area contributed by atoms with Gasteiger partial charge >= 0.3 is 0 Å². The summed E-state index contributed by atoms with van der Waals surface area (Å²) in [6, 6.07) is 6.44. The second-order valence-corrected chi connectivity index (χ2v) is 14.3. The van der Waals surface area contributed by atoms with Gasteiger partial charge < -0.3 is 41.9 Å². The molecule has 2 aromatic rings. The fourth-order valence-electron chi connectivity index (χ4n) is 7.61. The van der Waals surface area contributed by atoms with Crippen molar-refractivity contribution in [1.29, 1.82) is 0 Å². The molecule has 8 N–H and O–H groups in total. The van der Waals surface area contributed by atoms with Crippen LogP contribution in [0.3, 0.4) is 0 Å². The Balaban J connectivity index is 0.000000304. The summed E-state index contributed by atoms with van der Waals surface area (Å²) in [5, 5.41) is 29.5. The molecule has 0 saturated heterocycles. The molecule has 10 nitrogen and oxygen atoms in total. The first kappa shape index (κ1) is 37.3. The molecular weight excluding hydrogens is 608 g/mol. The Labute approximate surface area is 284 Å². The molecule has 4 aliphatic rings. The Kier molecular flexibility index (Phi) is 14.7. The molecule has 0 spiro atoms. The molecule has 6 rings (SSSR count). The van der Waals surface area contributed by atoms with E-state index in [1.807, 2.05) is 0 Å². The number of rotatable bonds is 6. The van der Waals surface area contributed by atoms with Crippen LogP contribution in [0.2, 0.25) is 0 Å². The first-order valence-electron chi connectivity index (χ1n) is 18.5. The number of carboxylic acids is 2. The average molecular weight is 665 g/mol. The smallest absolute Gasteiger partial charge is 0.252 e. The first-order valence-corrected chi connectivity index (χ1v) is 18.5. The number of amides is 2. The number of fused-ring (bicyclic) bond motifs is 1. The van der Waals surface area contributed by atoms with Crippen LogP contribution in [0.5, 0.6) is 0 Å². The van der Waals surface area contributed by atoms with E-state index in [0.29, 0.717) is 0 Å². The van der Waals surface area contributed by atoms with Crippen LogP contribution in [0, 0.1) is 0 Å². The lowest BCUT2D eigenvalue weighted by molar-refractivity contribution is -0.425. The largest absolute Gasteiger partial charge is 0.545 e. The minimum atomic E-state index is -1.56. The Morgan fingerprint density at radius 3 is 0.979 bits per heavy atom. The van der Waals surface area contributed by atoms with E-state index in [9.17, 15) is 29.4 Å². The highest BCUT2D eigenvalue weighted by atomic mass is 16.4. The lowest BCUT2D eigenvalue weighted by Crippen LogP contribution is -2.61. The van der Waals surface area contributed by atoms with Gasteiger partial charge in [-0.1, -0.05) is 63.5 Å². The van der Waals surface area contributed by atoms with E-state index in [4.69, 9.17) is 0 Å². The highest BCUT2D eigenvalue weighted by Gasteiger charge is 2.25. The Morgan fingerprint density at radius 2 is 0.729 bits per heavy atom. The zero-order chi connectivity index (χ0) is 34.5. The van der Waals surface area contributed by atoms with Crippen molar-refractivity contribution in [3.8, 4) is 0 Å². The SMILES string of the molecule is O=C([O-])c1ccc(C(=O)NC2CCCCC2)c2c(C(=O)[O-])ccc(C(=O)NC3CCCCC3)c12.[NH3+]C1CCCCC1.[NH3+]C1CCCCC1. The maximum absolute atomic E-state index is 13.2. The van der Waals surface area contributed by atoms with Crippen molar-refractivity contribution in [2.45, 2.75) is 153 Å². The summed E-state index contributed by atoms with van der Waals surface area (Å²) in [5.41, 5.74) is 7.30. The molecule has 48 heavy (non-hydrogen) atoms. The summed E-state index contributed by atoms with van der Waals surface area (Å²) in [6.45, 7) is 0. The van der Waals surface area contributed by atoms with Crippen LogP contribution >= 0.6 is 0 Å². The number of nitrogens with one attached hydrogen (secondary N) is 2. The Bertz CT molecular complexity index is 1280. The van der Waals surface area contributed by atoms with Gasteiger partial charge in [0.1, 0.15) is 0 Å². The van der Waals surface area contributed by atoms with Crippen molar-refractivity contribution < 1.29 is 40.9 Å². The van der Waals surface area contributed by atoms with Gasteiger partial charge in [-0.05, 0) is 89.2 Å². The maximum Gasteiger partial charge on any atom is 0.252 e. The van der Waals surface area contributed by atoms with Crippen LogP contribution in [0.4, 0.5) is 0 Å². The van der Waals surface area contributed by atoms with E-state index < -0.39 is 23.8 Å².